The van der Waals surface area contributed by atoms with Crippen LogP contribution in [0.5, 0.6) is 0 Å². The van der Waals surface area contributed by atoms with Crippen molar-refractivity contribution in [3.05, 3.63) is 37.2 Å². The highest BCUT2D eigenvalue weighted by Gasteiger charge is 2.21. The summed E-state index contributed by atoms with van der Waals surface area (Å²) in [6.45, 7) is 1.65. The lowest BCUT2D eigenvalue weighted by Crippen LogP contribution is -2.09. The van der Waals surface area contributed by atoms with Gasteiger partial charge in [-0.1, -0.05) is 0 Å². The van der Waals surface area contributed by atoms with Crippen LogP contribution in [0, 0.1) is 19.5 Å². The van der Waals surface area contributed by atoms with Gasteiger partial charge < -0.3 is 4.74 Å². The van der Waals surface area contributed by atoms with Crippen molar-refractivity contribution in [3.63, 3.8) is 0 Å². The number of non-ortho nitro benzene ring substituents is 1. The summed E-state index contributed by atoms with van der Waals surface area (Å²) < 4.78 is 18.1. The van der Waals surface area contributed by atoms with E-state index in [1.165, 1.54) is 0 Å². The number of benzene rings is 1. The predicted octanol–water partition coefficient (Wildman–Crippen LogP) is 2.52. The van der Waals surface area contributed by atoms with Crippen molar-refractivity contribution in [2.75, 3.05) is 6.61 Å². The van der Waals surface area contributed by atoms with Crippen LogP contribution in [0.15, 0.2) is 12.1 Å². The average molecular weight is 339 g/mol. The van der Waals surface area contributed by atoms with Crippen LogP contribution in [0.4, 0.5) is 10.1 Å². The average Bonchev–Trinajstić information content (AvgIpc) is 2.21. The van der Waals surface area contributed by atoms with Crippen molar-refractivity contribution < 1.29 is 18.8 Å². The van der Waals surface area contributed by atoms with E-state index in [9.17, 15) is 19.3 Å². The summed E-state index contributed by atoms with van der Waals surface area (Å²) in [5, 5.41) is 10.5. The highest BCUT2D eigenvalue weighted by atomic mass is 127. The number of hydrogen-bond acceptors (Lipinski definition) is 4. The summed E-state index contributed by atoms with van der Waals surface area (Å²) >= 11 is 1.58. The molecule has 16 heavy (non-hydrogen) atoms. The lowest BCUT2D eigenvalue weighted by atomic mass is 10.2. The molecule has 0 aromatic heterocycles. The number of nitro groups is 1. The van der Waals surface area contributed by atoms with Crippen LogP contribution in [0.25, 0.3) is 0 Å². The second kappa shape index (κ2) is 5.19. The van der Waals surface area contributed by atoms with Crippen molar-refractivity contribution in [2.45, 2.75) is 6.92 Å². The molecular weight excluding hydrogens is 332 g/mol. The monoisotopic (exact) mass is 339 g/mol. The maximum atomic E-state index is 13.5. The Balaban J connectivity index is 3.26. The molecule has 0 aliphatic rings. The largest absolute Gasteiger partial charge is 0.462 e. The van der Waals surface area contributed by atoms with Crippen LogP contribution < -0.4 is 0 Å². The van der Waals surface area contributed by atoms with Gasteiger partial charge in [0, 0.05) is 12.1 Å². The minimum Gasteiger partial charge on any atom is -0.462 e. The molecule has 0 amide bonds. The molecule has 0 N–H and O–H groups in total. The second-order valence-electron chi connectivity index (χ2n) is 2.77. The molecule has 0 aliphatic heterocycles. The first-order valence-electron chi connectivity index (χ1n) is 4.28. The summed E-state index contributed by atoms with van der Waals surface area (Å²) in [6.07, 6.45) is 0. The van der Waals surface area contributed by atoms with Gasteiger partial charge in [-0.15, -0.1) is 0 Å². The van der Waals surface area contributed by atoms with Gasteiger partial charge in [0.15, 0.2) is 5.82 Å². The number of carbonyl (C=O) groups is 1. The van der Waals surface area contributed by atoms with E-state index in [0.717, 1.165) is 12.1 Å². The first-order chi connectivity index (χ1) is 7.47. The van der Waals surface area contributed by atoms with E-state index >= 15 is 0 Å². The van der Waals surface area contributed by atoms with E-state index in [2.05, 4.69) is 4.74 Å². The van der Waals surface area contributed by atoms with Crippen molar-refractivity contribution in [3.8, 4) is 0 Å². The van der Waals surface area contributed by atoms with Gasteiger partial charge in [0.2, 0.25) is 0 Å². The van der Waals surface area contributed by atoms with E-state index in [-0.39, 0.29) is 15.9 Å². The van der Waals surface area contributed by atoms with Gasteiger partial charge >= 0.3 is 5.97 Å². The fraction of sp³-hybridized carbons (Fsp3) is 0.222. The van der Waals surface area contributed by atoms with Gasteiger partial charge in [0.25, 0.3) is 5.69 Å². The van der Waals surface area contributed by atoms with Gasteiger partial charge in [-0.25, -0.2) is 9.18 Å². The maximum absolute atomic E-state index is 13.5. The van der Waals surface area contributed by atoms with Gasteiger partial charge in [-0.2, -0.15) is 0 Å². The lowest BCUT2D eigenvalue weighted by molar-refractivity contribution is -0.385. The normalized spacial score (nSPS) is 9.94. The Morgan fingerprint density at radius 1 is 1.62 bits per heavy atom. The van der Waals surface area contributed by atoms with Crippen LogP contribution in [0.1, 0.15) is 17.3 Å². The zero-order valence-corrected chi connectivity index (χ0v) is 10.4. The number of rotatable bonds is 3. The number of nitro benzene ring substituents is 1. The number of carbonyl (C=O) groups excluding carboxylic acids is 1. The van der Waals surface area contributed by atoms with Crippen LogP contribution in [-0.4, -0.2) is 17.5 Å². The van der Waals surface area contributed by atoms with Crippen molar-refractivity contribution in [1.29, 1.82) is 0 Å². The Kier molecular flexibility index (Phi) is 4.16. The Labute approximate surface area is 104 Å². The van der Waals surface area contributed by atoms with E-state index in [4.69, 9.17) is 0 Å². The molecule has 1 rings (SSSR count). The molecule has 0 atom stereocenters. The summed E-state index contributed by atoms with van der Waals surface area (Å²) in [5.41, 5.74) is -0.755. The fourth-order valence-electron chi connectivity index (χ4n) is 1.04. The molecule has 0 fully saturated rings. The van der Waals surface area contributed by atoms with Crippen LogP contribution in [0.3, 0.4) is 0 Å². The third kappa shape index (κ3) is 2.65. The molecule has 0 spiro atoms. The van der Waals surface area contributed by atoms with Gasteiger partial charge in [0.1, 0.15) is 5.56 Å². The molecule has 5 nitrogen and oxygen atoms in total. The van der Waals surface area contributed by atoms with Crippen LogP contribution >= 0.6 is 22.6 Å². The van der Waals surface area contributed by atoms with E-state index in [0.29, 0.717) is 0 Å². The van der Waals surface area contributed by atoms with Crippen LogP contribution in [0.2, 0.25) is 0 Å². The molecule has 0 radical (unpaired) electrons. The van der Waals surface area contributed by atoms with Gasteiger partial charge in [-0.05, 0) is 29.5 Å². The highest BCUT2D eigenvalue weighted by Crippen LogP contribution is 2.23. The number of hydrogen-bond donors (Lipinski definition) is 0. The molecule has 0 unspecified atom stereocenters. The van der Waals surface area contributed by atoms with E-state index < -0.39 is 22.3 Å². The van der Waals surface area contributed by atoms with E-state index in [1.54, 1.807) is 29.5 Å². The third-order valence-corrected chi connectivity index (χ3v) is 2.50. The number of halogens is 2. The number of ether oxygens (including phenoxy) is 1. The zero-order valence-electron chi connectivity index (χ0n) is 8.20. The molecule has 0 saturated carbocycles. The molecular formula is C9H7FINO4. The molecule has 1 aromatic rings. The first kappa shape index (κ1) is 12.8. The molecule has 86 valence electrons. The molecule has 0 saturated heterocycles. The lowest BCUT2D eigenvalue weighted by Gasteiger charge is -2.04. The fourth-order valence-corrected chi connectivity index (χ4v) is 1.65. The molecule has 0 bridgehead atoms. The quantitative estimate of drug-likeness (QED) is 0.367. The Bertz CT molecular complexity index is 449. The Morgan fingerprint density at radius 3 is 2.75 bits per heavy atom. The molecule has 0 heterocycles. The SMILES string of the molecule is CCOC(=O)c1cc([N+](=O)[O-])cc(I)c1F. The summed E-state index contributed by atoms with van der Waals surface area (Å²) in [7, 11) is 0. The summed E-state index contributed by atoms with van der Waals surface area (Å²) in [6, 6.07) is 1.92. The minimum absolute atomic E-state index is 0.00912. The zero-order chi connectivity index (χ0) is 12.3. The van der Waals surface area contributed by atoms with Crippen molar-refractivity contribution in [2.24, 2.45) is 0 Å². The van der Waals surface area contributed by atoms with Crippen LogP contribution in [-0.2, 0) is 4.74 Å². The standard InChI is InChI=1S/C9H7FINO4/c1-2-16-9(13)6-3-5(12(14)15)4-7(11)8(6)10/h3-4H,2H2,1H3. The first-order valence-corrected chi connectivity index (χ1v) is 5.35. The summed E-state index contributed by atoms with van der Waals surface area (Å²) in [4.78, 5) is 21.1. The maximum Gasteiger partial charge on any atom is 0.341 e. The molecule has 1 aromatic carbocycles. The van der Waals surface area contributed by atoms with E-state index in [1.807, 2.05) is 0 Å². The minimum atomic E-state index is -0.901. The second-order valence-corrected chi connectivity index (χ2v) is 3.93. The third-order valence-electron chi connectivity index (χ3n) is 1.72. The Hall–Kier alpha value is -1.25. The molecule has 0 aliphatic carbocycles. The van der Waals surface area contributed by atoms with Gasteiger partial charge in [-0.3, -0.25) is 10.1 Å². The number of nitrogens with zero attached hydrogens (tertiary/aromatic N) is 1. The Morgan fingerprint density at radius 2 is 2.25 bits per heavy atom. The summed E-state index contributed by atoms with van der Waals surface area (Å²) in [5.74, 6) is -1.70. The van der Waals surface area contributed by atoms with Gasteiger partial charge in [0.05, 0.1) is 15.1 Å². The number of esters is 1. The topological polar surface area (TPSA) is 69.4 Å². The molecule has 7 heteroatoms. The van der Waals surface area contributed by atoms with Crippen molar-refractivity contribution >= 4 is 34.2 Å². The smallest absolute Gasteiger partial charge is 0.341 e. The van der Waals surface area contributed by atoms with Crippen molar-refractivity contribution in [1.82, 2.24) is 0 Å². The highest BCUT2D eigenvalue weighted by molar-refractivity contribution is 14.1. The predicted molar refractivity (Wildman–Crippen MR) is 61.7 cm³/mol.